The van der Waals surface area contributed by atoms with Gasteiger partial charge in [-0.3, -0.25) is 0 Å². The number of ether oxygens (including phenoxy) is 3. The van der Waals surface area contributed by atoms with Crippen molar-refractivity contribution in [1.29, 1.82) is 4.78 Å². The van der Waals surface area contributed by atoms with E-state index in [9.17, 15) is 9.00 Å². The maximum absolute atomic E-state index is 12.9. The van der Waals surface area contributed by atoms with Gasteiger partial charge in [-0.1, -0.05) is 23.2 Å². The molecule has 1 atom stereocenters. The molecule has 0 radical (unpaired) electrons. The highest BCUT2D eigenvalue weighted by molar-refractivity contribution is 7.91. The van der Waals surface area contributed by atoms with E-state index in [1.165, 1.54) is 20.5 Å². The van der Waals surface area contributed by atoms with E-state index in [2.05, 4.69) is 0 Å². The highest BCUT2D eigenvalue weighted by atomic mass is 35.5. The minimum absolute atomic E-state index is 0.238. The average molecular weight is 517 g/mol. The Bertz CT molecular complexity index is 1090. The first-order valence-corrected chi connectivity index (χ1v) is 12.9. The van der Waals surface area contributed by atoms with Crippen LogP contribution in [-0.4, -0.2) is 47.8 Å². The number of nitrogens with zero attached hydrogens (tertiary/aromatic N) is 1. The molecule has 0 aliphatic rings. The van der Waals surface area contributed by atoms with E-state index in [0.29, 0.717) is 34.5 Å². The summed E-state index contributed by atoms with van der Waals surface area (Å²) < 4.78 is 36.7. The summed E-state index contributed by atoms with van der Waals surface area (Å²) in [7, 11) is -0.0727. The van der Waals surface area contributed by atoms with Crippen molar-refractivity contribution in [2.75, 3.05) is 27.0 Å². The summed E-state index contributed by atoms with van der Waals surface area (Å²) in [6, 6.07) is 8.36. The first-order chi connectivity index (χ1) is 15.2. The van der Waals surface area contributed by atoms with Gasteiger partial charge in [0, 0.05) is 35.5 Å². The summed E-state index contributed by atoms with van der Waals surface area (Å²) >= 11 is 12.3. The van der Waals surface area contributed by atoms with Crippen LogP contribution in [-0.2, 0) is 27.4 Å². The van der Waals surface area contributed by atoms with Crippen LogP contribution in [0, 0.1) is 4.78 Å². The van der Waals surface area contributed by atoms with Gasteiger partial charge in [0.05, 0.1) is 28.8 Å². The molecule has 0 aliphatic carbocycles. The minimum Gasteiger partial charge on any atom is -0.496 e. The number of nitrogens with one attached hydrogen (secondary N) is 1. The highest BCUT2D eigenvalue weighted by Crippen LogP contribution is 2.33. The van der Waals surface area contributed by atoms with E-state index in [0.717, 1.165) is 11.1 Å². The maximum atomic E-state index is 12.9. The zero-order valence-corrected chi connectivity index (χ0v) is 22.0. The molecule has 10 heteroatoms. The van der Waals surface area contributed by atoms with Crippen LogP contribution in [0.3, 0.4) is 0 Å². The SMILES string of the molecule is COc1cc(S(C)(=N)=O)c(OC)cc1CCN(Cc1cc(Cl)cc(Cl)c1)C(=O)OC(C)(C)C. The fraction of sp³-hybridized carbons (Fsp3) is 0.435. The molecule has 0 spiro atoms. The predicted octanol–water partition coefficient (Wildman–Crippen LogP) is 6.03. The molecule has 0 aromatic heterocycles. The Morgan fingerprint density at radius 1 is 1.03 bits per heavy atom. The minimum atomic E-state index is -3.02. The van der Waals surface area contributed by atoms with Crippen molar-refractivity contribution in [3.63, 3.8) is 0 Å². The standard InChI is InChI=1S/C23H30Cl2N2O5S/c1-23(2,3)32-22(28)27(14-15-9-17(24)12-18(25)10-15)8-7-16-11-20(31-5)21(33(6,26)29)13-19(16)30-4/h9-13,26H,7-8,14H2,1-6H3. The summed E-state index contributed by atoms with van der Waals surface area (Å²) in [4.78, 5) is 14.7. The summed E-state index contributed by atoms with van der Waals surface area (Å²) in [5, 5.41) is 0.948. The van der Waals surface area contributed by atoms with Gasteiger partial charge in [-0.2, -0.15) is 0 Å². The van der Waals surface area contributed by atoms with Crippen molar-refractivity contribution in [2.24, 2.45) is 0 Å². The lowest BCUT2D eigenvalue weighted by atomic mass is 10.1. The molecule has 0 heterocycles. The molecule has 0 saturated carbocycles. The van der Waals surface area contributed by atoms with Gasteiger partial charge in [0.15, 0.2) is 0 Å². The van der Waals surface area contributed by atoms with E-state index < -0.39 is 21.4 Å². The Hall–Kier alpha value is -2.16. The number of benzene rings is 2. The zero-order chi connectivity index (χ0) is 25.0. The second-order valence-corrected chi connectivity index (χ2v) is 11.6. The summed E-state index contributed by atoms with van der Waals surface area (Å²) in [6.07, 6.45) is 1.24. The van der Waals surface area contributed by atoms with Gasteiger partial charge in [0.1, 0.15) is 17.1 Å². The first kappa shape index (κ1) is 27.1. The quantitative estimate of drug-likeness (QED) is 0.462. The average Bonchev–Trinajstić information content (AvgIpc) is 2.67. The lowest BCUT2D eigenvalue weighted by Gasteiger charge is -2.28. The maximum Gasteiger partial charge on any atom is 0.410 e. The number of methoxy groups -OCH3 is 2. The van der Waals surface area contributed by atoms with E-state index >= 15 is 0 Å². The molecule has 0 fully saturated rings. The van der Waals surface area contributed by atoms with Crippen LogP contribution in [0.5, 0.6) is 11.5 Å². The van der Waals surface area contributed by atoms with Crippen LogP contribution >= 0.6 is 23.2 Å². The summed E-state index contributed by atoms with van der Waals surface area (Å²) in [5.74, 6) is 0.793. The molecular formula is C23H30Cl2N2O5S. The molecule has 33 heavy (non-hydrogen) atoms. The molecule has 182 valence electrons. The lowest BCUT2D eigenvalue weighted by molar-refractivity contribution is 0.0235. The highest BCUT2D eigenvalue weighted by Gasteiger charge is 2.24. The third-order valence-corrected chi connectivity index (χ3v) is 6.18. The van der Waals surface area contributed by atoms with Gasteiger partial charge in [0.25, 0.3) is 0 Å². The Morgan fingerprint density at radius 3 is 2.09 bits per heavy atom. The predicted molar refractivity (Wildman–Crippen MR) is 131 cm³/mol. The molecule has 0 bridgehead atoms. The molecule has 7 nitrogen and oxygen atoms in total. The number of hydrogen-bond acceptors (Lipinski definition) is 6. The van der Waals surface area contributed by atoms with Crippen LogP contribution in [0.2, 0.25) is 10.0 Å². The third kappa shape index (κ3) is 7.98. The molecule has 2 aromatic carbocycles. The van der Waals surface area contributed by atoms with Crippen molar-refractivity contribution in [3.8, 4) is 11.5 Å². The molecule has 2 rings (SSSR count). The number of amides is 1. The molecule has 1 unspecified atom stereocenters. The number of carbonyl (C=O) groups excluding carboxylic acids is 1. The van der Waals surface area contributed by atoms with Crippen LogP contribution in [0.25, 0.3) is 0 Å². The van der Waals surface area contributed by atoms with Gasteiger partial charge >= 0.3 is 6.09 Å². The van der Waals surface area contributed by atoms with Gasteiger partial charge in [0.2, 0.25) is 0 Å². The Morgan fingerprint density at radius 2 is 1.61 bits per heavy atom. The lowest BCUT2D eigenvalue weighted by Crippen LogP contribution is -2.37. The monoisotopic (exact) mass is 516 g/mol. The van der Waals surface area contributed by atoms with E-state index in [-0.39, 0.29) is 11.4 Å². The van der Waals surface area contributed by atoms with E-state index in [1.54, 1.807) is 56.0 Å². The van der Waals surface area contributed by atoms with Crippen molar-refractivity contribution >= 4 is 39.0 Å². The number of hydrogen-bond donors (Lipinski definition) is 1. The molecule has 2 aromatic rings. The normalized spacial score (nSPS) is 13.2. The number of halogens is 2. The smallest absolute Gasteiger partial charge is 0.410 e. The largest absolute Gasteiger partial charge is 0.496 e. The van der Waals surface area contributed by atoms with Crippen molar-refractivity contribution in [3.05, 3.63) is 51.5 Å². The second-order valence-electron chi connectivity index (χ2n) is 8.59. The van der Waals surface area contributed by atoms with E-state index in [1.807, 2.05) is 0 Å². The van der Waals surface area contributed by atoms with Gasteiger partial charge in [-0.15, -0.1) is 0 Å². The zero-order valence-electron chi connectivity index (χ0n) is 19.7. The fourth-order valence-electron chi connectivity index (χ4n) is 3.17. The Kier molecular flexibility index (Phi) is 8.90. The summed E-state index contributed by atoms with van der Waals surface area (Å²) in [6.45, 7) is 5.93. The molecular weight excluding hydrogens is 487 g/mol. The molecule has 0 saturated heterocycles. The fourth-order valence-corrected chi connectivity index (χ4v) is 4.60. The van der Waals surface area contributed by atoms with Crippen LogP contribution < -0.4 is 9.47 Å². The first-order valence-electron chi connectivity index (χ1n) is 10.1. The van der Waals surface area contributed by atoms with E-state index in [4.69, 9.17) is 42.2 Å². The van der Waals surface area contributed by atoms with Crippen LogP contribution in [0.15, 0.2) is 35.2 Å². The van der Waals surface area contributed by atoms with Crippen molar-refractivity contribution < 1.29 is 23.2 Å². The Balaban J connectivity index is 2.37. The molecule has 0 aliphatic heterocycles. The van der Waals surface area contributed by atoms with Gasteiger partial charge in [-0.05, 0) is 62.6 Å². The molecule has 1 N–H and O–H groups in total. The van der Waals surface area contributed by atoms with Crippen LogP contribution in [0.1, 0.15) is 31.9 Å². The second kappa shape index (κ2) is 10.8. The van der Waals surface area contributed by atoms with Crippen molar-refractivity contribution in [1.82, 2.24) is 4.90 Å². The molecule has 1 amide bonds. The van der Waals surface area contributed by atoms with Crippen molar-refractivity contribution in [2.45, 2.75) is 44.2 Å². The van der Waals surface area contributed by atoms with Gasteiger partial charge in [-0.25, -0.2) is 13.8 Å². The third-order valence-electron chi connectivity index (χ3n) is 4.58. The number of carbonyl (C=O) groups is 1. The topological polar surface area (TPSA) is 88.9 Å². The van der Waals surface area contributed by atoms with Crippen LogP contribution in [0.4, 0.5) is 4.79 Å². The van der Waals surface area contributed by atoms with Gasteiger partial charge < -0.3 is 19.1 Å². The summed E-state index contributed by atoms with van der Waals surface area (Å²) in [5.41, 5.74) is 0.830. The number of rotatable bonds is 8. The Labute approximate surface area is 205 Å².